The van der Waals surface area contributed by atoms with Crippen LogP contribution < -0.4 is 14.4 Å². The van der Waals surface area contributed by atoms with Crippen LogP contribution in [0.4, 0.5) is 5.69 Å². The van der Waals surface area contributed by atoms with Crippen LogP contribution >= 0.6 is 0 Å². The van der Waals surface area contributed by atoms with Crippen molar-refractivity contribution in [3.8, 4) is 5.75 Å². The molecule has 0 aliphatic rings. The number of nitrogens with zero attached hydrogens (tertiary/aromatic N) is 2. The molecule has 2 amide bonds. The van der Waals surface area contributed by atoms with Crippen molar-refractivity contribution in [1.82, 2.24) is 10.2 Å². The molecule has 1 atom stereocenters. The highest BCUT2D eigenvalue weighted by molar-refractivity contribution is 7.92. The lowest BCUT2D eigenvalue weighted by Crippen LogP contribution is -2.52. The predicted octanol–water partition coefficient (Wildman–Crippen LogP) is 3.41. The van der Waals surface area contributed by atoms with E-state index in [0.717, 1.165) is 33.7 Å². The number of hydrogen-bond acceptors (Lipinski definition) is 5. The minimum absolute atomic E-state index is 0.137. The summed E-state index contributed by atoms with van der Waals surface area (Å²) in [6.45, 7) is 7.75. The van der Waals surface area contributed by atoms with Crippen LogP contribution in [0.25, 0.3) is 0 Å². The Bertz CT molecular complexity index is 1110. The molecular formula is C26H37N3O5S. The molecular weight excluding hydrogens is 466 g/mol. The van der Waals surface area contributed by atoms with Gasteiger partial charge in [0, 0.05) is 13.1 Å². The highest BCUT2D eigenvalue weighted by atomic mass is 32.2. The van der Waals surface area contributed by atoms with E-state index in [0.29, 0.717) is 24.4 Å². The standard InChI is InChI=1S/C26H37N3O5S/c1-7-12-27-26(31)24(8-2)28(17-21-10-9-11-23(16-21)34-5)25(30)18-29(35(6,32)33)22-14-19(3)13-20(4)15-22/h9-11,13-16,24H,7-8,12,17-18H2,1-6H3,(H,27,31)/t24-/m1/s1. The fraction of sp³-hybridized carbons (Fsp3) is 0.462. The minimum atomic E-state index is -3.77. The molecule has 0 aromatic heterocycles. The maximum absolute atomic E-state index is 13.7. The largest absolute Gasteiger partial charge is 0.497 e. The Balaban J connectivity index is 2.47. The molecule has 0 saturated carbocycles. The predicted molar refractivity (Wildman–Crippen MR) is 139 cm³/mol. The lowest BCUT2D eigenvalue weighted by Gasteiger charge is -2.33. The van der Waals surface area contributed by atoms with E-state index in [4.69, 9.17) is 4.74 Å². The summed E-state index contributed by atoms with van der Waals surface area (Å²) in [5.41, 5.74) is 2.97. The molecule has 35 heavy (non-hydrogen) atoms. The van der Waals surface area contributed by atoms with Crippen molar-refractivity contribution in [3.63, 3.8) is 0 Å². The molecule has 0 heterocycles. The van der Waals surface area contributed by atoms with Gasteiger partial charge in [0.1, 0.15) is 18.3 Å². The number of hydrogen-bond donors (Lipinski definition) is 1. The lowest BCUT2D eigenvalue weighted by molar-refractivity contribution is -0.140. The zero-order valence-electron chi connectivity index (χ0n) is 21.5. The number of carbonyl (C=O) groups excluding carboxylic acids is 2. The second kappa shape index (κ2) is 12.6. The summed E-state index contributed by atoms with van der Waals surface area (Å²) in [6.07, 6.45) is 2.23. The molecule has 0 fully saturated rings. The first-order valence-corrected chi connectivity index (χ1v) is 13.6. The van der Waals surface area contributed by atoms with Crippen LogP contribution in [0.15, 0.2) is 42.5 Å². The minimum Gasteiger partial charge on any atom is -0.497 e. The number of carbonyl (C=O) groups is 2. The summed E-state index contributed by atoms with van der Waals surface area (Å²) < 4.78 is 31.9. The highest BCUT2D eigenvalue weighted by Crippen LogP contribution is 2.23. The van der Waals surface area contributed by atoms with Gasteiger partial charge < -0.3 is 15.0 Å². The maximum Gasteiger partial charge on any atom is 0.244 e. The summed E-state index contributed by atoms with van der Waals surface area (Å²) in [5, 5.41) is 2.87. The van der Waals surface area contributed by atoms with Crippen molar-refractivity contribution in [2.45, 2.75) is 53.1 Å². The third-order valence-electron chi connectivity index (χ3n) is 5.60. The van der Waals surface area contributed by atoms with Gasteiger partial charge >= 0.3 is 0 Å². The van der Waals surface area contributed by atoms with Crippen molar-refractivity contribution in [2.24, 2.45) is 0 Å². The van der Waals surface area contributed by atoms with Crippen LogP contribution in [0.1, 0.15) is 43.4 Å². The summed E-state index contributed by atoms with van der Waals surface area (Å²) in [5.74, 6) is -0.0924. The van der Waals surface area contributed by atoms with E-state index in [9.17, 15) is 18.0 Å². The quantitative estimate of drug-likeness (QED) is 0.479. The SMILES string of the molecule is CCCNC(=O)[C@@H](CC)N(Cc1cccc(OC)c1)C(=O)CN(c1cc(C)cc(C)c1)S(C)(=O)=O. The van der Waals surface area contributed by atoms with E-state index in [1.807, 2.05) is 45.9 Å². The Labute approximate surface area is 209 Å². The Morgan fingerprint density at radius 1 is 1.06 bits per heavy atom. The topological polar surface area (TPSA) is 96.0 Å². The van der Waals surface area contributed by atoms with Gasteiger partial charge in [-0.05, 0) is 67.6 Å². The van der Waals surface area contributed by atoms with E-state index in [1.54, 1.807) is 31.4 Å². The van der Waals surface area contributed by atoms with E-state index in [1.165, 1.54) is 4.90 Å². The van der Waals surface area contributed by atoms with Gasteiger partial charge in [-0.2, -0.15) is 0 Å². The first-order chi connectivity index (χ1) is 16.5. The summed E-state index contributed by atoms with van der Waals surface area (Å²) in [7, 11) is -2.21. The molecule has 0 spiro atoms. The van der Waals surface area contributed by atoms with Crippen molar-refractivity contribution >= 4 is 27.5 Å². The third-order valence-corrected chi connectivity index (χ3v) is 6.74. The Morgan fingerprint density at radius 2 is 1.71 bits per heavy atom. The number of aryl methyl sites for hydroxylation is 2. The molecule has 0 radical (unpaired) electrons. The highest BCUT2D eigenvalue weighted by Gasteiger charge is 2.31. The van der Waals surface area contributed by atoms with Gasteiger partial charge in [0.15, 0.2) is 0 Å². The van der Waals surface area contributed by atoms with Gasteiger partial charge in [0.25, 0.3) is 0 Å². The normalized spacial score (nSPS) is 12.1. The number of sulfonamides is 1. The molecule has 1 N–H and O–H groups in total. The van der Waals surface area contributed by atoms with Crippen molar-refractivity contribution in [2.75, 3.05) is 30.8 Å². The second-order valence-corrected chi connectivity index (χ2v) is 10.6. The molecule has 9 heteroatoms. The van der Waals surface area contributed by atoms with Crippen molar-refractivity contribution in [1.29, 1.82) is 0 Å². The molecule has 0 saturated heterocycles. The number of rotatable bonds is 12. The van der Waals surface area contributed by atoms with E-state index < -0.39 is 28.5 Å². The van der Waals surface area contributed by atoms with Crippen molar-refractivity contribution in [3.05, 3.63) is 59.2 Å². The fourth-order valence-corrected chi connectivity index (χ4v) is 4.79. The summed E-state index contributed by atoms with van der Waals surface area (Å²) in [6, 6.07) is 11.9. The van der Waals surface area contributed by atoms with Gasteiger partial charge in [-0.25, -0.2) is 8.42 Å². The number of amides is 2. The molecule has 0 bridgehead atoms. The van der Waals surface area contributed by atoms with Gasteiger partial charge in [0.2, 0.25) is 21.8 Å². The number of ether oxygens (including phenoxy) is 1. The Kier molecular flexibility index (Phi) is 10.1. The monoisotopic (exact) mass is 503 g/mol. The lowest BCUT2D eigenvalue weighted by atomic mass is 10.1. The van der Waals surface area contributed by atoms with Crippen LogP contribution in [0.2, 0.25) is 0 Å². The van der Waals surface area contributed by atoms with Gasteiger partial charge in [-0.15, -0.1) is 0 Å². The second-order valence-electron chi connectivity index (χ2n) is 8.70. The van der Waals surface area contributed by atoms with E-state index >= 15 is 0 Å². The van der Waals surface area contributed by atoms with Crippen molar-refractivity contribution < 1.29 is 22.7 Å². The first-order valence-electron chi connectivity index (χ1n) is 11.8. The Morgan fingerprint density at radius 3 is 2.26 bits per heavy atom. The average molecular weight is 504 g/mol. The van der Waals surface area contributed by atoms with Crippen LogP contribution in [0.5, 0.6) is 5.75 Å². The van der Waals surface area contributed by atoms with Crippen LogP contribution in [0, 0.1) is 13.8 Å². The molecule has 0 aliphatic heterocycles. The molecule has 2 aromatic carbocycles. The summed E-state index contributed by atoms with van der Waals surface area (Å²) >= 11 is 0. The number of methoxy groups -OCH3 is 1. The average Bonchev–Trinajstić information content (AvgIpc) is 2.79. The smallest absolute Gasteiger partial charge is 0.244 e. The number of nitrogens with one attached hydrogen (secondary N) is 1. The van der Waals surface area contributed by atoms with Gasteiger partial charge in [-0.1, -0.05) is 32.0 Å². The first kappa shape index (κ1) is 28.2. The molecule has 2 aromatic rings. The third kappa shape index (κ3) is 7.99. The molecule has 0 aliphatic carbocycles. The zero-order valence-corrected chi connectivity index (χ0v) is 22.3. The molecule has 0 unspecified atom stereocenters. The molecule has 192 valence electrons. The van der Waals surface area contributed by atoms with Gasteiger partial charge in [0.05, 0.1) is 19.1 Å². The van der Waals surface area contributed by atoms with Crippen LogP contribution in [0.3, 0.4) is 0 Å². The number of benzene rings is 2. The molecule has 8 nitrogen and oxygen atoms in total. The van der Waals surface area contributed by atoms with Crippen LogP contribution in [-0.4, -0.2) is 57.6 Å². The van der Waals surface area contributed by atoms with E-state index in [-0.39, 0.29) is 12.5 Å². The van der Waals surface area contributed by atoms with Crippen LogP contribution in [-0.2, 0) is 26.2 Å². The van der Waals surface area contributed by atoms with E-state index in [2.05, 4.69) is 5.32 Å². The maximum atomic E-state index is 13.7. The molecule has 2 rings (SSSR count). The zero-order chi connectivity index (χ0) is 26.2. The Hall–Kier alpha value is -3.07. The summed E-state index contributed by atoms with van der Waals surface area (Å²) in [4.78, 5) is 28.1. The fourth-order valence-electron chi connectivity index (χ4n) is 3.96. The number of anilines is 1. The van der Waals surface area contributed by atoms with Gasteiger partial charge in [-0.3, -0.25) is 13.9 Å².